The molecule has 2 aliphatic rings. The van der Waals surface area contributed by atoms with E-state index in [1.807, 2.05) is 0 Å². The highest BCUT2D eigenvalue weighted by Gasteiger charge is 2.39. The monoisotopic (exact) mass is 239 g/mol. The van der Waals surface area contributed by atoms with Crippen molar-refractivity contribution in [2.45, 2.75) is 52.0 Å². The third kappa shape index (κ3) is 2.71. The van der Waals surface area contributed by atoms with Gasteiger partial charge in [-0.05, 0) is 32.2 Å². The largest absolute Gasteiger partial charge is 0.395 e. The molecule has 0 aromatic rings. The highest BCUT2D eigenvalue weighted by Crippen LogP contribution is 2.36. The van der Waals surface area contributed by atoms with Gasteiger partial charge >= 0.3 is 0 Å². The van der Waals surface area contributed by atoms with Gasteiger partial charge in [0.2, 0.25) is 0 Å². The molecule has 2 fully saturated rings. The van der Waals surface area contributed by atoms with Crippen LogP contribution in [-0.4, -0.2) is 41.5 Å². The first kappa shape index (κ1) is 13.0. The SMILES string of the molecule is CC1(C)CCCC(CN2CCCC2CO)C1=O. The van der Waals surface area contributed by atoms with Crippen LogP contribution in [0, 0.1) is 11.3 Å². The number of rotatable bonds is 3. The van der Waals surface area contributed by atoms with Crippen LogP contribution in [0.25, 0.3) is 0 Å². The smallest absolute Gasteiger partial charge is 0.142 e. The number of carbonyl (C=O) groups excluding carboxylic acids is 1. The summed E-state index contributed by atoms with van der Waals surface area (Å²) in [5.74, 6) is 0.637. The lowest BCUT2D eigenvalue weighted by atomic mass is 9.71. The topological polar surface area (TPSA) is 40.5 Å². The van der Waals surface area contributed by atoms with Gasteiger partial charge in [-0.15, -0.1) is 0 Å². The van der Waals surface area contributed by atoms with Crippen molar-refractivity contribution in [1.29, 1.82) is 0 Å². The Hall–Kier alpha value is -0.410. The van der Waals surface area contributed by atoms with E-state index in [1.54, 1.807) is 0 Å². The summed E-state index contributed by atoms with van der Waals surface area (Å²) in [6, 6.07) is 0.299. The molecular weight excluding hydrogens is 214 g/mol. The fraction of sp³-hybridized carbons (Fsp3) is 0.929. The summed E-state index contributed by atoms with van der Waals surface area (Å²) >= 11 is 0. The minimum atomic E-state index is -0.128. The average Bonchev–Trinajstić information content (AvgIpc) is 2.72. The Kier molecular flexibility index (Phi) is 3.88. The van der Waals surface area contributed by atoms with E-state index in [2.05, 4.69) is 18.7 Å². The van der Waals surface area contributed by atoms with Crippen LogP contribution >= 0.6 is 0 Å². The van der Waals surface area contributed by atoms with Gasteiger partial charge in [0.25, 0.3) is 0 Å². The summed E-state index contributed by atoms with van der Waals surface area (Å²) in [7, 11) is 0. The molecule has 3 nitrogen and oxygen atoms in total. The molecule has 1 aliphatic heterocycles. The lowest BCUT2D eigenvalue weighted by Gasteiger charge is -2.36. The molecule has 0 aromatic heterocycles. The summed E-state index contributed by atoms with van der Waals surface area (Å²) in [6.07, 6.45) is 5.49. The predicted molar refractivity (Wildman–Crippen MR) is 67.8 cm³/mol. The zero-order valence-electron chi connectivity index (χ0n) is 11.1. The van der Waals surface area contributed by atoms with E-state index >= 15 is 0 Å². The molecule has 0 amide bonds. The van der Waals surface area contributed by atoms with Crippen LogP contribution in [0.2, 0.25) is 0 Å². The molecule has 17 heavy (non-hydrogen) atoms. The molecule has 1 saturated heterocycles. The zero-order valence-corrected chi connectivity index (χ0v) is 11.1. The molecule has 1 aliphatic carbocycles. The summed E-state index contributed by atoms with van der Waals surface area (Å²) in [6.45, 7) is 6.32. The van der Waals surface area contributed by atoms with Crippen LogP contribution in [0.4, 0.5) is 0 Å². The maximum atomic E-state index is 12.3. The molecule has 0 radical (unpaired) electrons. The second-order valence-electron chi connectivity index (χ2n) is 6.31. The van der Waals surface area contributed by atoms with E-state index in [4.69, 9.17) is 0 Å². The van der Waals surface area contributed by atoms with Crippen LogP contribution in [0.3, 0.4) is 0 Å². The number of hydrogen-bond acceptors (Lipinski definition) is 3. The van der Waals surface area contributed by atoms with Crippen LogP contribution in [0.1, 0.15) is 46.0 Å². The van der Waals surface area contributed by atoms with Crippen molar-refractivity contribution < 1.29 is 9.90 Å². The van der Waals surface area contributed by atoms with Gasteiger partial charge in [-0.25, -0.2) is 0 Å². The molecule has 2 rings (SSSR count). The minimum absolute atomic E-state index is 0.128. The number of nitrogens with zero attached hydrogens (tertiary/aromatic N) is 1. The van der Waals surface area contributed by atoms with E-state index in [-0.39, 0.29) is 17.9 Å². The predicted octanol–water partition coefficient (Wildman–Crippen LogP) is 1.84. The summed E-state index contributed by atoms with van der Waals surface area (Å²) in [4.78, 5) is 14.7. The molecule has 3 heteroatoms. The number of aliphatic hydroxyl groups is 1. The van der Waals surface area contributed by atoms with Crippen molar-refractivity contribution in [3.05, 3.63) is 0 Å². The standard InChI is InChI=1S/C14H25NO2/c1-14(2)7-3-5-11(13(14)17)9-15-8-4-6-12(15)10-16/h11-12,16H,3-10H2,1-2H3. The molecule has 0 spiro atoms. The molecular formula is C14H25NO2. The summed E-state index contributed by atoms with van der Waals surface area (Å²) in [5, 5.41) is 9.31. The van der Waals surface area contributed by atoms with Crippen molar-refractivity contribution in [3.63, 3.8) is 0 Å². The second kappa shape index (κ2) is 5.07. The van der Waals surface area contributed by atoms with E-state index in [0.717, 1.165) is 38.8 Å². The molecule has 1 heterocycles. The van der Waals surface area contributed by atoms with Gasteiger partial charge in [0.05, 0.1) is 6.61 Å². The fourth-order valence-corrected chi connectivity index (χ4v) is 3.40. The van der Waals surface area contributed by atoms with Crippen LogP contribution in [0.15, 0.2) is 0 Å². The van der Waals surface area contributed by atoms with Crippen molar-refractivity contribution in [3.8, 4) is 0 Å². The first-order chi connectivity index (χ1) is 8.04. The molecule has 2 unspecified atom stereocenters. The maximum Gasteiger partial charge on any atom is 0.142 e. The molecule has 2 atom stereocenters. The van der Waals surface area contributed by atoms with E-state index in [1.165, 1.54) is 6.42 Å². The Morgan fingerprint density at radius 3 is 2.82 bits per heavy atom. The molecule has 0 aromatic carbocycles. The third-order valence-corrected chi connectivity index (χ3v) is 4.56. The highest BCUT2D eigenvalue weighted by atomic mass is 16.3. The van der Waals surface area contributed by atoms with Crippen LogP contribution in [-0.2, 0) is 4.79 Å². The van der Waals surface area contributed by atoms with Gasteiger partial charge in [-0.3, -0.25) is 9.69 Å². The van der Waals surface area contributed by atoms with Crippen LogP contribution < -0.4 is 0 Å². The quantitative estimate of drug-likeness (QED) is 0.817. The Balaban J connectivity index is 1.96. The lowest BCUT2D eigenvalue weighted by Crippen LogP contribution is -2.43. The lowest BCUT2D eigenvalue weighted by molar-refractivity contribution is -0.135. The third-order valence-electron chi connectivity index (χ3n) is 4.56. The second-order valence-corrected chi connectivity index (χ2v) is 6.31. The number of likely N-dealkylation sites (tertiary alicyclic amines) is 1. The van der Waals surface area contributed by atoms with Crippen molar-refractivity contribution in [1.82, 2.24) is 4.90 Å². The molecule has 1 saturated carbocycles. The molecule has 98 valence electrons. The zero-order chi connectivity index (χ0) is 12.5. The minimum Gasteiger partial charge on any atom is -0.395 e. The molecule has 1 N–H and O–H groups in total. The van der Waals surface area contributed by atoms with Gasteiger partial charge in [-0.2, -0.15) is 0 Å². The van der Waals surface area contributed by atoms with Crippen molar-refractivity contribution >= 4 is 5.78 Å². The summed E-state index contributed by atoms with van der Waals surface area (Å²) in [5.41, 5.74) is -0.128. The number of ketones is 1. The first-order valence-corrected chi connectivity index (χ1v) is 6.94. The van der Waals surface area contributed by atoms with Crippen molar-refractivity contribution in [2.75, 3.05) is 19.7 Å². The number of hydrogen-bond donors (Lipinski definition) is 1. The van der Waals surface area contributed by atoms with Gasteiger partial charge < -0.3 is 5.11 Å². The maximum absolute atomic E-state index is 12.3. The summed E-state index contributed by atoms with van der Waals surface area (Å²) < 4.78 is 0. The Morgan fingerprint density at radius 2 is 2.12 bits per heavy atom. The van der Waals surface area contributed by atoms with E-state index in [9.17, 15) is 9.90 Å². The van der Waals surface area contributed by atoms with Gasteiger partial charge in [0.15, 0.2) is 0 Å². The van der Waals surface area contributed by atoms with Crippen LogP contribution in [0.5, 0.6) is 0 Å². The highest BCUT2D eigenvalue weighted by molar-refractivity contribution is 5.87. The molecule has 0 bridgehead atoms. The fourth-order valence-electron chi connectivity index (χ4n) is 3.40. The Labute approximate surface area is 104 Å². The van der Waals surface area contributed by atoms with Gasteiger partial charge in [0.1, 0.15) is 5.78 Å². The van der Waals surface area contributed by atoms with E-state index < -0.39 is 0 Å². The van der Waals surface area contributed by atoms with Gasteiger partial charge in [-0.1, -0.05) is 20.3 Å². The number of aliphatic hydroxyl groups excluding tert-OH is 1. The van der Waals surface area contributed by atoms with E-state index in [0.29, 0.717) is 11.8 Å². The van der Waals surface area contributed by atoms with Gasteiger partial charge in [0, 0.05) is 23.9 Å². The first-order valence-electron chi connectivity index (χ1n) is 6.94. The Morgan fingerprint density at radius 1 is 1.35 bits per heavy atom. The number of carbonyl (C=O) groups is 1. The normalized spacial score (nSPS) is 34.2. The average molecular weight is 239 g/mol. The van der Waals surface area contributed by atoms with Crippen molar-refractivity contribution in [2.24, 2.45) is 11.3 Å². The Bertz CT molecular complexity index is 288. The number of Topliss-reactive ketones (excluding diaryl/α,β-unsaturated/α-hetero) is 1.